The van der Waals surface area contributed by atoms with Crippen molar-refractivity contribution in [2.75, 3.05) is 26.4 Å². The molecule has 1 atom stereocenters. The van der Waals surface area contributed by atoms with Gasteiger partial charge in [0.15, 0.2) is 0 Å². The largest absolute Gasteiger partial charge is 0.396 e. The van der Waals surface area contributed by atoms with Crippen LogP contribution in [0.15, 0.2) is 0 Å². The second-order valence-electron chi connectivity index (χ2n) is 3.97. The summed E-state index contributed by atoms with van der Waals surface area (Å²) in [6.07, 6.45) is 2.12. The fourth-order valence-electron chi connectivity index (χ4n) is 1.32. The summed E-state index contributed by atoms with van der Waals surface area (Å²) < 4.78 is 0. The van der Waals surface area contributed by atoms with Gasteiger partial charge in [-0.3, -0.25) is 0 Å². The Kier molecular flexibility index (Phi) is 7.09. The van der Waals surface area contributed by atoms with E-state index in [1.807, 2.05) is 6.92 Å². The lowest BCUT2D eigenvalue weighted by Crippen LogP contribution is -2.34. The average Bonchev–Trinajstić information content (AvgIpc) is 2.26. The molecule has 1 unspecified atom stereocenters. The summed E-state index contributed by atoms with van der Waals surface area (Å²) in [4.78, 5) is 0. The lowest BCUT2D eigenvalue weighted by atomic mass is 9.82. The Hall–Kier alpha value is -0.160. The molecule has 4 heteroatoms. The molecule has 0 aliphatic heterocycles. The molecule has 0 bridgehead atoms. The molecule has 4 N–H and O–H groups in total. The Morgan fingerprint density at radius 3 is 1.79 bits per heavy atom. The highest BCUT2D eigenvalue weighted by Gasteiger charge is 2.28. The molecule has 0 aliphatic carbocycles. The smallest absolute Gasteiger partial charge is 0.0531 e. The summed E-state index contributed by atoms with van der Waals surface area (Å²) in [6, 6.07) is 0. The van der Waals surface area contributed by atoms with Crippen LogP contribution in [0.25, 0.3) is 0 Å². The molecule has 0 fully saturated rings. The zero-order valence-corrected chi connectivity index (χ0v) is 8.82. The van der Waals surface area contributed by atoms with Gasteiger partial charge in [-0.25, -0.2) is 0 Å². The van der Waals surface area contributed by atoms with Gasteiger partial charge in [-0.15, -0.1) is 0 Å². The molecule has 0 saturated carbocycles. The Morgan fingerprint density at radius 2 is 1.50 bits per heavy atom. The van der Waals surface area contributed by atoms with Crippen molar-refractivity contribution in [3.8, 4) is 0 Å². The predicted molar refractivity (Wildman–Crippen MR) is 53.8 cm³/mol. The van der Waals surface area contributed by atoms with E-state index < -0.39 is 5.41 Å². The van der Waals surface area contributed by atoms with Crippen LogP contribution in [0, 0.1) is 11.3 Å². The lowest BCUT2D eigenvalue weighted by molar-refractivity contribution is -0.00658. The van der Waals surface area contributed by atoms with Gasteiger partial charge >= 0.3 is 0 Å². The first-order valence-corrected chi connectivity index (χ1v) is 5.11. The molecule has 0 saturated heterocycles. The molecule has 0 radical (unpaired) electrons. The van der Waals surface area contributed by atoms with E-state index in [2.05, 4.69) is 0 Å². The van der Waals surface area contributed by atoms with E-state index in [1.165, 1.54) is 0 Å². The van der Waals surface area contributed by atoms with Crippen LogP contribution in [0.3, 0.4) is 0 Å². The molecular formula is C10H22O4. The third-order valence-corrected chi connectivity index (χ3v) is 2.92. The fraction of sp³-hybridized carbons (Fsp3) is 1.00. The van der Waals surface area contributed by atoms with Gasteiger partial charge in [0.25, 0.3) is 0 Å². The topological polar surface area (TPSA) is 80.9 Å². The molecule has 14 heavy (non-hydrogen) atoms. The van der Waals surface area contributed by atoms with Crippen LogP contribution in [-0.4, -0.2) is 46.9 Å². The van der Waals surface area contributed by atoms with E-state index in [-0.39, 0.29) is 32.3 Å². The van der Waals surface area contributed by atoms with E-state index >= 15 is 0 Å². The number of aliphatic hydroxyl groups is 4. The Labute approximate surface area is 85.2 Å². The van der Waals surface area contributed by atoms with Crippen LogP contribution in [-0.2, 0) is 0 Å². The SMILES string of the molecule is CCC(CO)CCC(CO)(CO)CO. The number of hydrogen-bond acceptors (Lipinski definition) is 4. The van der Waals surface area contributed by atoms with Crippen LogP contribution >= 0.6 is 0 Å². The van der Waals surface area contributed by atoms with Gasteiger partial charge in [0.05, 0.1) is 19.8 Å². The monoisotopic (exact) mass is 206 g/mol. The van der Waals surface area contributed by atoms with Crippen molar-refractivity contribution in [3.05, 3.63) is 0 Å². The van der Waals surface area contributed by atoms with Gasteiger partial charge in [0, 0.05) is 12.0 Å². The summed E-state index contributed by atoms with van der Waals surface area (Å²) in [6.45, 7) is 1.44. The average molecular weight is 206 g/mol. The minimum atomic E-state index is -0.789. The number of aliphatic hydroxyl groups excluding tert-OH is 4. The van der Waals surface area contributed by atoms with E-state index in [0.717, 1.165) is 6.42 Å². The van der Waals surface area contributed by atoms with Crippen molar-refractivity contribution in [1.82, 2.24) is 0 Å². The van der Waals surface area contributed by atoms with Crippen LogP contribution in [0.2, 0.25) is 0 Å². The molecule has 0 rings (SSSR count). The molecule has 0 heterocycles. The maximum absolute atomic E-state index is 9.05. The quantitative estimate of drug-likeness (QED) is 0.441. The van der Waals surface area contributed by atoms with E-state index in [4.69, 9.17) is 20.4 Å². The number of rotatable bonds is 8. The zero-order chi connectivity index (χ0) is 11.0. The van der Waals surface area contributed by atoms with E-state index in [0.29, 0.717) is 12.8 Å². The predicted octanol–water partition coefficient (Wildman–Crippen LogP) is -0.252. The molecule has 4 nitrogen and oxygen atoms in total. The first-order valence-electron chi connectivity index (χ1n) is 5.11. The lowest BCUT2D eigenvalue weighted by Gasteiger charge is -2.28. The van der Waals surface area contributed by atoms with Crippen molar-refractivity contribution in [3.63, 3.8) is 0 Å². The second-order valence-corrected chi connectivity index (χ2v) is 3.97. The third kappa shape index (κ3) is 3.92. The van der Waals surface area contributed by atoms with Crippen LogP contribution < -0.4 is 0 Å². The second kappa shape index (κ2) is 7.17. The maximum atomic E-state index is 9.05. The normalized spacial score (nSPS) is 14.4. The van der Waals surface area contributed by atoms with E-state index in [1.54, 1.807) is 0 Å². The van der Waals surface area contributed by atoms with Crippen molar-refractivity contribution in [2.45, 2.75) is 26.2 Å². The highest BCUT2D eigenvalue weighted by atomic mass is 16.3. The summed E-state index contributed by atoms with van der Waals surface area (Å²) >= 11 is 0. The zero-order valence-electron chi connectivity index (χ0n) is 8.82. The van der Waals surface area contributed by atoms with Crippen molar-refractivity contribution < 1.29 is 20.4 Å². The first kappa shape index (κ1) is 13.8. The summed E-state index contributed by atoms with van der Waals surface area (Å²) in [5.41, 5.74) is -0.789. The molecule has 0 spiro atoms. The molecular weight excluding hydrogens is 184 g/mol. The minimum absolute atomic E-state index is 0.120. The van der Waals surface area contributed by atoms with Gasteiger partial charge in [-0.05, 0) is 18.8 Å². The van der Waals surface area contributed by atoms with Gasteiger partial charge in [0.1, 0.15) is 0 Å². The summed E-state index contributed by atoms with van der Waals surface area (Å²) in [5.74, 6) is 0.194. The van der Waals surface area contributed by atoms with Gasteiger partial charge in [-0.2, -0.15) is 0 Å². The van der Waals surface area contributed by atoms with Crippen molar-refractivity contribution >= 4 is 0 Å². The molecule has 0 aromatic rings. The van der Waals surface area contributed by atoms with Gasteiger partial charge in [-0.1, -0.05) is 13.3 Å². The fourth-order valence-corrected chi connectivity index (χ4v) is 1.32. The molecule has 86 valence electrons. The van der Waals surface area contributed by atoms with Crippen LogP contribution in [0.1, 0.15) is 26.2 Å². The molecule has 0 aromatic carbocycles. The van der Waals surface area contributed by atoms with E-state index in [9.17, 15) is 0 Å². The summed E-state index contributed by atoms with van der Waals surface area (Å²) in [7, 11) is 0. The van der Waals surface area contributed by atoms with Crippen molar-refractivity contribution in [1.29, 1.82) is 0 Å². The Bertz CT molecular complexity index is 122. The van der Waals surface area contributed by atoms with Crippen LogP contribution in [0.5, 0.6) is 0 Å². The van der Waals surface area contributed by atoms with Crippen molar-refractivity contribution in [2.24, 2.45) is 11.3 Å². The first-order chi connectivity index (χ1) is 6.67. The third-order valence-electron chi connectivity index (χ3n) is 2.92. The molecule has 0 amide bonds. The highest BCUT2D eigenvalue weighted by Crippen LogP contribution is 2.25. The Balaban J connectivity index is 4.04. The van der Waals surface area contributed by atoms with Gasteiger partial charge < -0.3 is 20.4 Å². The molecule has 0 aliphatic rings. The number of hydrogen-bond donors (Lipinski definition) is 4. The van der Waals surface area contributed by atoms with Gasteiger partial charge in [0.2, 0.25) is 0 Å². The maximum Gasteiger partial charge on any atom is 0.0531 e. The van der Waals surface area contributed by atoms with Crippen LogP contribution in [0.4, 0.5) is 0 Å². The molecule has 0 aromatic heterocycles. The highest BCUT2D eigenvalue weighted by molar-refractivity contribution is 4.78. The minimum Gasteiger partial charge on any atom is -0.396 e. The standard InChI is InChI=1S/C10H22O4/c1-2-9(5-11)3-4-10(6-12,7-13)8-14/h9,11-14H,2-8H2,1H3. The Morgan fingerprint density at radius 1 is 1.00 bits per heavy atom. The summed E-state index contributed by atoms with van der Waals surface area (Å²) in [5, 5.41) is 36.1.